The van der Waals surface area contributed by atoms with Crippen LogP contribution in [0.4, 0.5) is 0 Å². The quantitative estimate of drug-likeness (QED) is 0.241. The number of rotatable bonds is 4. The van der Waals surface area contributed by atoms with Gasteiger partial charge in [0.15, 0.2) is 0 Å². The summed E-state index contributed by atoms with van der Waals surface area (Å²) >= 11 is 0. The second-order valence-corrected chi connectivity index (χ2v) is 1.64. The first kappa shape index (κ1) is 8.14. The minimum atomic E-state index is -0.775. The fourth-order valence-electron chi connectivity index (χ4n) is 0.351. The molecule has 0 spiro atoms. The predicted molar refractivity (Wildman–Crippen MR) is 31.9 cm³/mol. The van der Waals surface area contributed by atoms with E-state index in [-0.39, 0.29) is 6.29 Å². The Morgan fingerprint density at radius 3 is 2.78 bits per heavy atom. The van der Waals surface area contributed by atoms with Crippen LogP contribution in [-0.2, 0) is 14.3 Å². The number of hydrogen-bond donors (Lipinski definition) is 0. The second-order valence-electron chi connectivity index (χ2n) is 1.64. The second kappa shape index (κ2) is 5.28. The highest BCUT2D eigenvalue weighted by Crippen LogP contribution is 1.86. The Balaban J connectivity index is 3.07. The minimum absolute atomic E-state index is 0.176. The van der Waals surface area contributed by atoms with Crippen LogP contribution in [0.2, 0.25) is 0 Å². The lowest BCUT2D eigenvalue weighted by Gasteiger charge is -1.95. The van der Waals surface area contributed by atoms with Gasteiger partial charge in [0.05, 0.1) is 6.61 Å². The molecule has 0 bridgehead atoms. The molecule has 0 aromatic carbocycles. The van der Waals surface area contributed by atoms with Gasteiger partial charge in [-0.1, -0.05) is 13.3 Å². The van der Waals surface area contributed by atoms with Crippen LogP contribution in [0.1, 0.15) is 19.8 Å². The van der Waals surface area contributed by atoms with Gasteiger partial charge in [0.2, 0.25) is 6.29 Å². The van der Waals surface area contributed by atoms with Crippen molar-refractivity contribution in [3.63, 3.8) is 0 Å². The van der Waals surface area contributed by atoms with Gasteiger partial charge in [-0.25, -0.2) is 4.79 Å². The van der Waals surface area contributed by atoms with E-state index >= 15 is 0 Å². The highest BCUT2D eigenvalue weighted by molar-refractivity contribution is 6.20. The van der Waals surface area contributed by atoms with E-state index in [9.17, 15) is 9.59 Å². The molecule has 9 heavy (non-hydrogen) atoms. The number of carbonyl (C=O) groups excluding carboxylic acids is 2. The molecule has 0 saturated heterocycles. The molecule has 0 saturated carbocycles. The number of ether oxygens (including phenoxy) is 1. The zero-order valence-corrected chi connectivity index (χ0v) is 5.42. The molecule has 0 heterocycles. The lowest BCUT2D eigenvalue weighted by atomic mass is 10.4. The highest BCUT2D eigenvalue weighted by Gasteiger charge is 1.95. The van der Waals surface area contributed by atoms with E-state index in [1.54, 1.807) is 0 Å². The summed E-state index contributed by atoms with van der Waals surface area (Å²) < 4.78 is 4.42. The summed E-state index contributed by atoms with van der Waals surface area (Å²) in [7, 11) is 0. The zero-order valence-electron chi connectivity index (χ0n) is 5.42. The van der Waals surface area contributed by atoms with Gasteiger partial charge in [-0.2, -0.15) is 0 Å². The fourth-order valence-corrected chi connectivity index (χ4v) is 0.351. The molecule has 0 aromatic rings. The van der Waals surface area contributed by atoms with Gasteiger partial charge in [0.1, 0.15) is 0 Å². The maximum atomic E-state index is 10.1. The molecule has 3 nitrogen and oxygen atoms in total. The Bertz CT molecular complexity index is 98.5. The zero-order chi connectivity index (χ0) is 7.11. The van der Waals surface area contributed by atoms with Crippen LogP contribution in [-0.4, -0.2) is 18.9 Å². The number of esters is 1. The summed E-state index contributed by atoms with van der Waals surface area (Å²) in [6, 6.07) is 0. The van der Waals surface area contributed by atoms with Gasteiger partial charge in [-0.3, -0.25) is 4.79 Å². The third-order valence-electron chi connectivity index (χ3n) is 0.838. The Morgan fingerprint density at radius 2 is 2.33 bits per heavy atom. The third-order valence-corrected chi connectivity index (χ3v) is 0.838. The van der Waals surface area contributed by atoms with E-state index in [4.69, 9.17) is 0 Å². The largest absolute Gasteiger partial charge is 0.460 e. The maximum Gasteiger partial charge on any atom is 0.371 e. The van der Waals surface area contributed by atoms with Crippen LogP contribution in [0.25, 0.3) is 0 Å². The van der Waals surface area contributed by atoms with E-state index in [2.05, 4.69) is 4.74 Å². The van der Waals surface area contributed by atoms with Crippen LogP contribution in [0.15, 0.2) is 0 Å². The molecule has 52 valence electrons. The monoisotopic (exact) mass is 130 g/mol. The van der Waals surface area contributed by atoms with Crippen LogP contribution in [0.5, 0.6) is 0 Å². The lowest BCUT2D eigenvalue weighted by molar-refractivity contribution is -0.148. The molecule has 0 atom stereocenters. The van der Waals surface area contributed by atoms with Crippen molar-refractivity contribution in [2.45, 2.75) is 19.8 Å². The van der Waals surface area contributed by atoms with Gasteiger partial charge in [-0.15, -0.1) is 0 Å². The van der Waals surface area contributed by atoms with Gasteiger partial charge in [0.25, 0.3) is 0 Å². The fraction of sp³-hybridized carbons (Fsp3) is 0.667. The van der Waals surface area contributed by atoms with Crippen molar-refractivity contribution in [1.82, 2.24) is 0 Å². The van der Waals surface area contributed by atoms with Crippen LogP contribution in [0.3, 0.4) is 0 Å². The van der Waals surface area contributed by atoms with Crippen molar-refractivity contribution in [3.05, 3.63) is 0 Å². The average Bonchev–Trinajstić information content (AvgIpc) is 1.89. The van der Waals surface area contributed by atoms with E-state index in [1.165, 1.54) is 0 Å². The molecule has 0 N–H and O–H groups in total. The Kier molecular flexibility index (Phi) is 4.78. The molecule has 0 fully saturated rings. The standard InChI is InChI=1S/C6H10O3/c1-2-3-4-9-6(8)5-7/h5H,2-4H2,1H3. The Labute approximate surface area is 54.0 Å². The molecule has 0 radical (unpaired) electrons. The summed E-state index contributed by atoms with van der Waals surface area (Å²) in [5.41, 5.74) is 0. The lowest BCUT2D eigenvalue weighted by Crippen LogP contribution is -2.05. The summed E-state index contributed by atoms with van der Waals surface area (Å²) in [6.07, 6.45) is 1.96. The number of carbonyl (C=O) groups is 2. The topological polar surface area (TPSA) is 43.4 Å². The highest BCUT2D eigenvalue weighted by atomic mass is 16.5. The maximum absolute atomic E-state index is 10.1. The van der Waals surface area contributed by atoms with Crippen molar-refractivity contribution in [2.24, 2.45) is 0 Å². The van der Waals surface area contributed by atoms with Crippen LogP contribution >= 0.6 is 0 Å². The Hall–Kier alpha value is -0.860. The van der Waals surface area contributed by atoms with Crippen LogP contribution in [0, 0.1) is 0 Å². The molecule has 0 rings (SSSR count). The van der Waals surface area contributed by atoms with E-state index in [1.807, 2.05) is 6.92 Å². The van der Waals surface area contributed by atoms with Gasteiger partial charge in [-0.05, 0) is 6.42 Å². The van der Waals surface area contributed by atoms with Crippen molar-refractivity contribution < 1.29 is 14.3 Å². The normalized spacial score (nSPS) is 8.56. The molecule has 0 aliphatic rings. The predicted octanol–water partition coefficient (Wildman–Crippen LogP) is 0.529. The molecule has 0 amide bonds. The van der Waals surface area contributed by atoms with Crippen molar-refractivity contribution >= 4 is 12.3 Å². The molecular formula is C6H10O3. The van der Waals surface area contributed by atoms with E-state index < -0.39 is 5.97 Å². The molecule has 0 aromatic heterocycles. The summed E-state index contributed by atoms with van der Waals surface area (Å²) in [5, 5.41) is 0. The number of hydrogen-bond acceptors (Lipinski definition) is 3. The molecule has 0 aliphatic carbocycles. The molecule has 0 unspecified atom stereocenters. The van der Waals surface area contributed by atoms with E-state index in [0.29, 0.717) is 6.61 Å². The average molecular weight is 130 g/mol. The first-order valence-corrected chi connectivity index (χ1v) is 2.93. The molecular weight excluding hydrogens is 120 g/mol. The number of unbranched alkanes of at least 4 members (excludes halogenated alkanes) is 1. The third kappa shape index (κ3) is 5.00. The van der Waals surface area contributed by atoms with Crippen LogP contribution < -0.4 is 0 Å². The van der Waals surface area contributed by atoms with Gasteiger partial charge >= 0.3 is 5.97 Å². The first-order valence-electron chi connectivity index (χ1n) is 2.93. The SMILES string of the molecule is CCCCOC(=O)C=O. The summed E-state index contributed by atoms with van der Waals surface area (Å²) in [4.78, 5) is 19.7. The molecule has 3 heteroatoms. The minimum Gasteiger partial charge on any atom is -0.460 e. The summed E-state index contributed by atoms with van der Waals surface area (Å²) in [6.45, 7) is 2.34. The van der Waals surface area contributed by atoms with Gasteiger partial charge < -0.3 is 4.74 Å². The van der Waals surface area contributed by atoms with Crippen molar-refractivity contribution in [1.29, 1.82) is 0 Å². The smallest absolute Gasteiger partial charge is 0.371 e. The van der Waals surface area contributed by atoms with E-state index in [0.717, 1.165) is 12.8 Å². The number of aldehydes is 1. The van der Waals surface area contributed by atoms with Crippen molar-refractivity contribution in [2.75, 3.05) is 6.61 Å². The summed E-state index contributed by atoms with van der Waals surface area (Å²) in [5.74, 6) is -0.775. The van der Waals surface area contributed by atoms with Gasteiger partial charge in [0, 0.05) is 0 Å². The van der Waals surface area contributed by atoms with Crippen molar-refractivity contribution in [3.8, 4) is 0 Å². The molecule has 0 aliphatic heterocycles. The first-order chi connectivity index (χ1) is 4.31. The Morgan fingerprint density at radius 1 is 1.67 bits per heavy atom.